The van der Waals surface area contributed by atoms with Crippen molar-refractivity contribution in [3.05, 3.63) is 35.9 Å². The zero-order chi connectivity index (χ0) is 18.2. The second-order valence-corrected chi connectivity index (χ2v) is 5.53. The summed E-state index contributed by atoms with van der Waals surface area (Å²) in [4.78, 5) is 12.3. The standard InChI is InChI=1S/C17H23F3O4/c1-4-13(2)9-8-12-23-15(21)16(22-3,24-17(18,19)20)14-10-6-5-7-11-14/h5-7,10-11,13H,4,8-9,12H2,1-3H3/t13?,16-/m0/s1. The van der Waals surface area contributed by atoms with Crippen LogP contribution < -0.4 is 0 Å². The highest BCUT2D eigenvalue weighted by molar-refractivity contribution is 5.79. The molecule has 1 rings (SSSR count). The molecule has 0 radical (unpaired) electrons. The molecule has 0 aliphatic rings. The molecule has 0 saturated carbocycles. The Balaban J connectivity index is 2.90. The van der Waals surface area contributed by atoms with Crippen LogP contribution in [0.3, 0.4) is 0 Å². The van der Waals surface area contributed by atoms with E-state index in [1.807, 2.05) is 6.92 Å². The number of benzene rings is 1. The van der Waals surface area contributed by atoms with Gasteiger partial charge in [0.1, 0.15) is 0 Å². The molecule has 4 nitrogen and oxygen atoms in total. The Morgan fingerprint density at radius 3 is 2.33 bits per heavy atom. The van der Waals surface area contributed by atoms with Crippen molar-refractivity contribution in [2.75, 3.05) is 13.7 Å². The number of rotatable bonds is 9. The third-order valence-electron chi connectivity index (χ3n) is 3.74. The molecule has 1 aromatic carbocycles. The Kier molecular flexibility index (Phi) is 7.69. The van der Waals surface area contributed by atoms with Gasteiger partial charge >= 0.3 is 18.1 Å². The van der Waals surface area contributed by atoms with Crippen molar-refractivity contribution in [3.8, 4) is 0 Å². The Labute approximate surface area is 139 Å². The third-order valence-corrected chi connectivity index (χ3v) is 3.74. The maximum absolute atomic E-state index is 12.8. The fourth-order valence-corrected chi connectivity index (χ4v) is 2.18. The summed E-state index contributed by atoms with van der Waals surface area (Å²) in [6.07, 6.45) is -2.71. The lowest BCUT2D eigenvalue weighted by Gasteiger charge is -2.30. The summed E-state index contributed by atoms with van der Waals surface area (Å²) in [6, 6.07) is 7.21. The van der Waals surface area contributed by atoms with Gasteiger partial charge in [-0.15, -0.1) is 13.2 Å². The molecule has 0 aliphatic heterocycles. The second-order valence-electron chi connectivity index (χ2n) is 5.53. The Morgan fingerprint density at radius 1 is 1.21 bits per heavy atom. The number of ether oxygens (including phenoxy) is 3. The second kappa shape index (κ2) is 9.03. The third kappa shape index (κ3) is 5.79. The van der Waals surface area contributed by atoms with E-state index in [9.17, 15) is 18.0 Å². The van der Waals surface area contributed by atoms with Crippen molar-refractivity contribution < 1.29 is 32.2 Å². The van der Waals surface area contributed by atoms with Gasteiger partial charge in [-0.2, -0.15) is 0 Å². The van der Waals surface area contributed by atoms with Gasteiger partial charge in [0.25, 0.3) is 0 Å². The molecule has 0 aliphatic carbocycles. The molecule has 1 aromatic rings. The lowest BCUT2D eigenvalue weighted by atomic mass is 10.0. The number of alkyl halides is 3. The quantitative estimate of drug-likeness (QED) is 0.377. The summed E-state index contributed by atoms with van der Waals surface area (Å²) in [5, 5.41) is 0. The van der Waals surface area contributed by atoms with Crippen molar-refractivity contribution in [1.29, 1.82) is 0 Å². The van der Waals surface area contributed by atoms with E-state index in [4.69, 9.17) is 9.47 Å². The Hall–Kier alpha value is -1.60. The molecule has 0 bridgehead atoms. The van der Waals surface area contributed by atoms with Crippen LogP contribution in [0.1, 0.15) is 38.7 Å². The highest BCUT2D eigenvalue weighted by Crippen LogP contribution is 2.35. The van der Waals surface area contributed by atoms with Crippen LogP contribution >= 0.6 is 0 Å². The van der Waals surface area contributed by atoms with Gasteiger partial charge in [-0.25, -0.2) is 9.53 Å². The normalized spacial score (nSPS) is 15.6. The fraction of sp³-hybridized carbons (Fsp3) is 0.588. The average Bonchev–Trinajstić information content (AvgIpc) is 2.56. The largest absolute Gasteiger partial charge is 0.525 e. The predicted molar refractivity (Wildman–Crippen MR) is 81.9 cm³/mol. The zero-order valence-electron chi connectivity index (χ0n) is 14.1. The highest BCUT2D eigenvalue weighted by atomic mass is 19.4. The van der Waals surface area contributed by atoms with Gasteiger partial charge in [-0.1, -0.05) is 50.6 Å². The Bertz CT molecular complexity index is 504. The lowest BCUT2D eigenvalue weighted by molar-refractivity contribution is -0.410. The lowest BCUT2D eigenvalue weighted by Crippen LogP contribution is -2.45. The molecule has 1 unspecified atom stereocenters. The van der Waals surface area contributed by atoms with E-state index >= 15 is 0 Å². The van der Waals surface area contributed by atoms with Crippen molar-refractivity contribution in [3.63, 3.8) is 0 Å². The van der Waals surface area contributed by atoms with Gasteiger partial charge in [-0.3, -0.25) is 0 Å². The van der Waals surface area contributed by atoms with E-state index < -0.39 is 18.1 Å². The molecular weight excluding hydrogens is 325 g/mol. The number of carbonyl (C=O) groups excluding carboxylic acids is 1. The number of halogens is 3. The molecule has 0 N–H and O–H groups in total. The molecular formula is C17H23F3O4. The average molecular weight is 348 g/mol. The molecule has 24 heavy (non-hydrogen) atoms. The molecule has 0 spiro atoms. The summed E-state index contributed by atoms with van der Waals surface area (Å²) >= 11 is 0. The van der Waals surface area contributed by atoms with Crippen LogP contribution in [-0.4, -0.2) is 26.0 Å². The first-order valence-electron chi connectivity index (χ1n) is 7.80. The van der Waals surface area contributed by atoms with Crippen LogP contribution in [0.2, 0.25) is 0 Å². The topological polar surface area (TPSA) is 44.8 Å². The van der Waals surface area contributed by atoms with E-state index in [1.54, 1.807) is 6.07 Å². The van der Waals surface area contributed by atoms with Gasteiger partial charge in [0.05, 0.1) is 6.61 Å². The van der Waals surface area contributed by atoms with Crippen molar-refractivity contribution in [2.24, 2.45) is 5.92 Å². The zero-order valence-corrected chi connectivity index (χ0v) is 14.1. The molecule has 2 atom stereocenters. The molecule has 136 valence electrons. The van der Waals surface area contributed by atoms with Crippen molar-refractivity contribution in [1.82, 2.24) is 0 Å². The molecule has 7 heteroatoms. The number of hydrogen-bond donors (Lipinski definition) is 0. The SMILES string of the molecule is CCC(C)CCCOC(=O)[C@@](OC)(OC(F)(F)F)c1ccccc1. The van der Waals surface area contributed by atoms with Crippen LogP contribution in [0, 0.1) is 5.92 Å². The number of esters is 1. The van der Waals surface area contributed by atoms with E-state index in [0.717, 1.165) is 20.0 Å². The van der Waals surface area contributed by atoms with Crippen LogP contribution in [0.5, 0.6) is 0 Å². The van der Waals surface area contributed by atoms with Crippen LogP contribution in [0.15, 0.2) is 30.3 Å². The molecule has 0 amide bonds. The maximum Gasteiger partial charge on any atom is 0.525 e. The first-order chi connectivity index (χ1) is 11.2. The molecule has 0 fully saturated rings. The van der Waals surface area contributed by atoms with Crippen LogP contribution in [-0.2, 0) is 24.8 Å². The summed E-state index contributed by atoms with van der Waals surface area (Å²) in [7, 11) is 0.971. The first-order valence-corrected chi connectivity index (χ1v) is 7.80. The summed E-state index contributed by atoms with van der Waals surface area (Å²) in [5.74, 6) is -3.44. The first kappa shape index (κ1) is 20.4. The summed E-state index contributed by atoms with van der Waals surface area (Å²) in [6.45, 7) is 4.10. The molecule has 0 heterocycles. The van der Waals surface area contributed by atoms with Crippen molar-refractivity contribution in [2.45, 2.75) is 45.3 Å². The summed E-state index contributed by atoms with van der Waals surface area (Å²) < 4.78 is 52.3. The molecule has 0 aromatic heterocycles. The predicted octanol–water partition coefficient (Wildman–Crippen LogP) is 4.39. The molecule has 0 saturated heterocycles. The maximum atomic E-state index is 12.8. The van der Waals surface area contributed by atoms with Gasteiger partial charge in [-0.05, 0) is 18.8 Å². The van der Waals surface area contributed by atoms with Gasteiger partial charge in [0, 0.05) is 12.7 Å². The minimum absolute atomic E-state index is 0.00232. The number of carbonyl (C=O) groups is 1. The fourth-order valence-electron chi connectivity index (χ4n) is 2.18. The van der Waals surface area contributed by atoms with E-state index in [-0.39, 0.29) is 12.2 Å². The minimum Gasteiger partial charge on any atom is -0.461 e. The summed E-state index contributed by atoms with van der Waals surface area (Å²) in [5.41, 5.74) is -0.0863. The van der Waals surface area contributed by atoms with Crippen LogP contribution in [0.25, 0.3) is 0 Å². The Morgan fingerprint density at radius 2 is 1.83 bits per heavy atom. The monoisotopic (exact) mass is 348 g/mol. The number of hydrogen-bond acceptors (Lipinski definition) is 4. The minimum atomic E-state index is -5.07. The van der Waals surface area contributed by atoms with Gasteiger partial charge in [0.15, 0.2) is 0 Å². The van der Waals surface area contributed by atoms with E-state index in [2.05, 4.69) is 11.7 Å². The van der Waals surface area contributed by atoms with E-state index in [1.165, 1.54) is 24.3 Å². The van der Waals surface area contributed by atoms with Gasteiger partial charge in [0.2, 0.25) is 0 Å². The number of methoxy groups -OCH3 is 1. The smallest absolute Gasteiger partial charge is 0.461 e. The van der Waals surface area contributed by atoms with Gasteiger partial charge < -0.3 is 9.47 Å². The van der Waals surface area contributed by atoms with E-state index in [0.29, 0.717) is 12.3 Å². The highest BCUT2D eigenvalue weighted by Gasteiger charge is 2.52. The van der Waals surface area contributed by atoms with Crippen LogP contribution in [0.4, 0.5) is 13.2 Å². The van der Waals surface area contributed by atoms with Crippen molar-refractivity contribution >= 4 is 5.97 Å².